The molecular formula is C18H20BrNO. The van der Waals surface area contributed by atoms with Gasteiger partial charge >= 0.3 is 0 Å². The molecule has 2 nitrogen and oxygen atoms in total. The van der Waals surface area contributed by atoms with Crippen molar-refractivity contribution in [2.45, 2.75) is 32.2 Å². The lowest BCUT2D eigenvalue weighted by Gasteiger charge is -2.26. The summed E-state index contributed by atoms with van der Waals surface area (Å²) in [6, 6.07) is 17.9. The predicted molar refractivity (Wildman–Crippen MR) is 90.2 cm³/mol. The van der Waals surface area contributed by atoms with Gasteiger partial charge in [-0.15, -0.1) is 0 Å². The molecule has 3 heteroatoms. The van der Waals surface area contributed by atoms with Crippen LogP contribution in [0.25, 0.3) is 0 Å². The fourth-order valence-electron chi connectivity index (χ4n) is 2.20. The van der Waals surface area contributed by atoms with Crippen LogP contribution in [0.5, 0.6) is 0 Å². The molecule has 1 unspecified atom stereocenters. The average molecular weight is 346 g/mol. The first-order valence-corrected chi connectivity index (χ1v) is 7.82. The van der Waals surface area contributed by atoms with Gasteiger partial charge in [0, 0.05) is 4.47 Å². The number of amides is 1. The van der Waals surface area contributed by atoms with E-state index in [-0.39, 0.29) is 11.9 Å². The second-order valence-corrected chi connectivity index (χ2v) is 6.65. The molecule has 21 heavy (non-hydrogen) atoms. The summed E-state index contributed by atoms with van der Waals surface area (Å²) in [5, 5.41) is 3.10. The zero-order valence-electron chi connectivity index (χ0n) is 12.6. The molecule has 0 aliphatic heterocycles. The Hall–Kier alpha value is -1.61. The summed E-state index contributed by atoms with van der Waals surface area (Å²) in [5.41, 5.74) is 1.56. The Kier molecular flexibility index (Phi) is 4.84. The van der Waals surface area contributed by atoms with Crippen LogP contribution in [-0.2, 0) is 10.2 Å². The molecule has 0 bridgehead atoms. The Morgan fingerprint density at radius 1 is 1.05 bits per heavy atom. The smallest absolute Gasteiger partial charge is 0.230 e. The van der Waals surface area contributed by atoms with Gasteiger partial charge in [-0.1, -0.05) is 58.4 Å². The summed E-state index contributed by atoms with van der Waals surface area (Å²) in [4.78, 5) is 12.6. The lowest BCUT2D eigenvalue weighted by atomic mass is 9.83. The molecule has 1 amide bonds. The zero-order chi connectivity index (χ0) is 15.5. The van der Waals surface area contributed by atoms with Crippen molar-refractivity contribution < 1.29 is 4.79 Å². The number of hydrogen-bond acceptors (Lipinski definition) is 1. The van der Waals surface area contributed by atoms with Crippen molar-refractivity contribution in [3.63, 3.8) is 0 Å². The van der Waals surface area contributed by atoms with E-state index in [0.717, 1.165) is 15.6 Å². The fraction of sp³-hybridized carbons (Fsp3) is 0.278. The highest BCUT2D eigenvalue weighted by Gasteiger charge is 2.30. The molecule has 0 aliphatic carbocycles. The number of halogens is 1. The minimum Gasteiger partial charge on any atom is -0.349 e. The summed E-state index contributed by atoms with van der Waals surface area (Å²) >= 11 is 3.42. The standard InChI is InChI=1S/C18H20BrNO/c1-13(14-9-11-16(19)12-10-14)20-17(21)18(2,3)15-7-5-4-6-8-15/h4-13H,1-3H3,(H,20,21). The van der Waals surface area contributed by atoms with Gasteiger partial charge in [-0.2, -0.15) is 0 Å². The maximum Gasteiger partial charge on any atom is 0.230 e. The van der Waals surface area contributed by atoms with Gasteiger partial charge in [0.1, 0.15) is 0 Å². The number of carbonyl (C=O) groups is 1. The van der Waals surface area contributed by atoms with E-state index < -0.39 is 5.41 Å². The number of carbonyl (C=O) groups excluding carboxylic acids is 1. The van der Waals surface area contributed by atoms with Crippen LogP contribution in [0.2, 0.25) is 0 Å². The quantitative estimate of drug-likeness (QED) is 0.861. The molecule has 2 aromatic carbocycles. The van der Waals surface area contributed by atoms with Gasteiger partial charge in [0.2, 0.25) is 5.91 Å². The SMILES string of the molecule is CC(NC(=O)C(C)(C)c1ccccc1)c1ccc(Br)cc1. The van der Waals surface area contributed by atoms with Crippen LogP contribution in [0, 0.1) is 0 Å². The van der Waals surface area contributed by atoms with E-state index in [1.165, 1.54) is 0 Å². The Labute approximate surface area is 134 Å². The largest absolute Gasteiger partial charge is 0.349 e. The van der Waals surface area contributed by atoms with Crippen molar-refractivity contribution in [3.8, 4) is 0 Å². The van der Waals surface area contributed by atoms with Crippen LogP contribution < -0.4 is 5.32 Å². The maximum absolute atomic E-state index is 12.6. The third-order valence-corrected chi connectivity index (χ3v) is 4.31. The summed E-state index contributed by atoms with van der Waals surface area (Å²) in [6.45, 7) is 5.90. The highest BCUT2D eigenvalue weighted by molar-refractivity contribution is 9.10. The zero-order valence-corrected chi connectivity index (χ0v) is 14.1. The van der Waals surface area contributed by atoms with Gasteiger partial charge < -0.3 is 5.32 Å². The molecule has 0 saturated carbocycles. The molecule has 0 fully saturated rings. The number of nitrogens with one attached hydrogen (secondary N) is 1. The van der Waals surface area contributed by atoms with Gasteiger partial charge in [-0.25, -0.2) is 0 Å². The van der Waals surface area contributed by atoms with Gasteiger partial charge in [-0.3, -0.25) is 4.79 Å². The molecule has 0 saturated heterocycles. The first-order valence-electron chi connectivity index (χ1n) is 7.03. The molecule has 1 atom stereocenters. The molecule has 0 radical (unpaired) electrons. The van der Waals surface area contributed by atoms with Crippen LogP contribution in [0.4, 0.5) is 0 Å². The lowest BCUT2D eigenvalue weighted by molar-refractivity contribution is -0.126. The van der Waals surface area contributed by atoms with Gasteiger partial charge in [0.05, 0.1) is 11.5 Å². The first kappa shape index (κ1) is 15.8. The lowest BCUT2D eigenvalue weighted by Crippen LogP contribution is -2.41. The molecule has 0 spiro atoms. The van der Waals surface area contributed by atoms with Crippen molar-refractivity contribution in [3.05, 3.63) is 70.2 Å². The fourth-order valence-corrected chi connectivity index (χ4v) is 2.46. The molecule has 0 heterocycles. The van der Waals surface area contributed by atoms with E-state index in [0.29, 0.717) is 0 Å². The van der Waals surface area contributed by atoms with Crippen molar-refractivity contribution in [1.29, 1.82) is 0 Å². The molecule has 2 rings (SSSR count). The highest BCUT2D eigenvalue weighted by Crippen LogP contribution is 2.25. The Balaban J connectivity index is 2.12. The summed E-state index contributed by atoms with van der Waals surface area (Å²) in [7, 11) is 0. The third-order valence-electron chi connectivity index (χ3n) is 3.78. The van der Waals surface area contributed by atoms with Gasteiger partial charge in [0.15, 0.2) is 0 Å². The van der Waals surface area contributed by atoms with E-state index in [9.17, 15) is 4.79 Å². The molecule has 0 aromatic heterocycles. The summed E-state index contributed by atoms with van der Waals surface area (Å²) in [5.74, 6) is 0.0316. The number of hydrogen-bond donors (Lipinski definition) is 1. The normalized spacial score (nSPS) is 12.8. The predicted octanol–water partition coefficient (Wildman–Crippen LogP) is 4.60. The second-order valence-electron chi connectivity index (χ2n) is 5.74. The van der Waals surface area contributed by atoms with Gasteiger partial charge in [0.25, 0.3) is 0 Å². The van der Waals surface area contributed by atoms with Crippen LogP contribution in [0.15, 0.2) is 59.1 Å². The van der Waals surface area contributed by atoms with E-state index in [1.807, 2.05) is 75.4 Å². The molecule has 110 valence electrons. The third kappa shape index (κ3) is 3.73. The number of benzene rings is 2. The minimum atomic E-state index is -0.551. The van der Waals surface area contributed by atoms with E-state index in [1.54, 1.807) is 0 Å². The Morgan fingerprint density at radius 2 is 1.62 bits per heavy atom. The molecule has 2 aromatic rings. The topological polar surface area (TPSA) is 29.1 Å². The van der Waals surface area contributed by atoms with Crippen molar-refractivity contribution >= 4 is 21.8 Å². The highest BCUT2D eigenvalue weighted by atomic mass is 79.9. The van der Waals surface area contributed by atoms with Crippen molar-refractivity contribution in [1.82, 2.24) is 5.32 Å². The van der Waals surface area contributed by atoms with E-state index in [4.69, 9.17) is 0 Å². The van der Waals surface area contributed by atoms with E-state index >= 15 is 0 Å². The average Bonchev–Trinajstić information content (AvgIpc) is 2.48. The van der Waals surface area contributed by atoms with Crippen molar-refractivity contribution in [2.75, 3.05) is 0 Å². The minimum absolute atomic E-state index is 0.0198. The monoisotopic (exact) mass is 345 g/mol. The molecular weight excluding hydrogens is 326 g/mol. The Bertz CT molecular complexity index is 605. The van der Waals surface area contributed by atoms with E-state index in [2.05, 4.69) is 21.2 Å². The molecule has 1 N–H and O–H groups in total. The number of rotatable bonds is 4. The Morgan fingerprint density at radius 3 is 2.19 bits per heavy atom. The molecule has 0 aliphatic rings. The summed E-state index contributed by atoms with van der Waals surface area (Å²) < 4.78 is 1.04. The van der Waals surface area contributed by atoms with Crippen LogP contribution in [0.3, 0.4) is 0 Å². The van der Waals surface area contributed by atoms with Crippen LogP contribution >= 0.6 is 15.9 Å². The first-order chi connectivity index (χ1) is 9.91. The maximum atomic E-state index is 12.6. The van der Waals surface area contributed by atoms with Crippen molar-refractivity contribution in [2.24, 2.45) is 0 Å². The van der Waals surface area contributed by atoms with Crippen LogP contribution in [-0.4, -0.2) is 5.91 Å². The van der Waals surface area contributed by atoms with Gasteiger partial charge in [-0.05, 0) is 44.0 Å². The second kappa shape index (κ2) is 6.44. The summed E-state index contributed by atoms with van der Waals surface area (Å²) in [6.07, 6.45) is 0. The van der Waals surface area contributed by atoms with Crippen LogP contribution in [0.1, 0.15) is 37.9 Å².